The maximum Gasteiger partial charge on any atom is 0.128 e. The van der Waals surface area contributed by atoms with Crippen molar-refractivity contribution in [2.75, 3.05) is 26.2 Å². The van der Waals surface area contributed by atoms with Gasteiger partial charge in [0.1, 0.15) is 5.82 Å². The molecule has 106 valence electrons. The van der Waals surface area contributed by atoms with E-state index < -0.39 is 0 Å². The number of hydrogen-bond acceptors (Lipinski definition) is 2. The quantitative estimate of drug-likeness (QED) is 0.878. The van der Waals surface area contributed by atoms with Gasteiger partial charge in [0, 0.05) is 18.2 Å². The van der Waals surface area contributed by atoms with Crippen LogP contribution >= 0.6 is 0 Å². The third-order valence-corrected chi connectivity index (χ3v) is 4.05. The van der Waals surface area contributed by atoms with E-state index in [-0.39, 0.29) is 11.9 Å². The van der Waals surface area contributed by atoms with Gasteiger partial charge in [-0.15, -0.1) is 0 Å². The van der Waals surface area contributed by atoms with E-state index in [2.05, 4.69) is 24.1 Å². The van der Waals surface area contributed by atoms with Gasteiger partial charge in [0.05, 0.1) is 0 Å². The minimum Gasteiger partial charge on any atom is -0.309 e. The van der Waals surface area contributed by atoms with Crippen LogP contribution in [0.2, 0.25) is 0 Å². The molecule has 0 spiro atoms. The lowest BCUT2D eigenvalue weighted by molar-refractivity contribution is 0.174. The number of likely N-dealkylation sites (N-methyl/N-ethyl adjacent to an activating group) is 1. The molecule has 2 rings (SSSR count). The van der Waals surface area contributed by atoms with Crippen LogP contribution in [0.5, 0.6) is 0 Å². The van der Waals surface area contributed by atoms with Crippen molar-refractivity contribution in [2.24, 2.45) is 5.92 Å². The number of halogens is 1. The zero-order chi connectivity index (χ0) is 13.7. The predicted octanol–water partition coefficient (Wildman–Crippen LogP) is 3.21. The van der Waals surface area contributed by atoms with Crippen molar-refractivity contribution in [3.63, 3.8) is 0 Å². The highest BCUT2D eigenvalue weighted by molar-refractivity contribution is 5.21. The highest BCUT2D eigenvalue weighted by Gasteiger charge is 2.21. The molecule has 0 aromatic heterocycles. The van der Waals surface area contributed by atoms with Crippen molar-refractivity contribution in [3.05, 3.63) is 35.6 Å². The van der Waals surface area contributed by atoms with Gasteiger partial charge in [-0.2, -0.15) is 0 Å². The molecular formula is C16H25FN2. The van der Waals surface area contributed by atoms with E-state index in [0.717, 1.165) is 37.7 Å². The molecule has 0 amide bonds. The largest absolute Gasteiger partial charge is 0.309 e. The molecule has 1 unspecified atom stereocenters. The summed E-state index contributed by atoms with van der Waals surface area (Å²) >= 11 is 0. The van der Waals surface area contributed by atoms with Gasteiger partial charge in [0.2, 0.25) is 0 Å². The molecule has 1 heterocycles. The van der Waals surface area contributed by atoms with E-state index >= 15 is 0 Å². The van der Waals surface area contributed by atoms with E-state index in [9.17, 15) is 4.39 Å². The van der Waals surface area contributed by atoms with Crippen molar-refractivity contribution in [1.29, 1.82) is 0 Å². The Bertz CT molecular complexity index is 386. The summed E-state index contributed by atoms with van der Waals surface area (Å²) in [4.78, 5) is 2.46. The van der Waals surface area contributed by atoms with Crippen molar-refractivity contribution in [3.8, 4) is 0 Å². The number of likely N-dealkylation sites (tertiary alicyclic amines) is 1. The van der Waals surface area contributed by atoms with E-state index in [1.807, 2.05) is 12.1 Å². The molecule has 1 aliphatic heterocycles. The number of rotatable bonds is 5. The summed E-state index contributed by atoms with van der Waals surface area (Å²) < 4.78 is 13.9. The van der Waals surface area contributed by atoms with Crippen LogP contribution in [0, 0.1) is 11.7 Å². The topological polar surface area (TPSA) is 15.3 Å². The van der Waals surface area contributed by atoms with Gasteiger partial charge in [-0.25, -0.2) is 4.39 Å². The lowest BCUT2D eigenvalue weighted by Crippen LogP contribution is -2.40. The molecule has 1 atom stereocenters. The van der Waals surface area contributed by atoms with E-state index in [4.69, 9.17) is 0 Å². The second kappa shape index (κ2) is 7.01. The van der Waals surface area contributed by atoms with Crippen LogP contribution in [0.15, 0.2) is 24.3 Å². The third-order valence-electron chi connectivity index (χ3n) is 4.05. The molecule has 1 aromatic rings. The lowest BCUT2D eigenvalue weighted by Gasteiger charge is -2.33. The van der Waals surface area contributed by atoms with Crippen molar-refractivity contribution >= 4 is 0 Å². The van der Waals surface area contributed by atoms with Crippen LogP contribution in [-0.2, 0) is 0 Å². The van der Waals surface area contributed by atoms with Crippen LogP contribution in [0.3, 0.4) is 0 Å². The monoisotopic (exact) mass is 264 g/mol. The van der Waals surface area contributed by atoms with Crippen LogP contribution < -0.4 is 5.32 Å². The molecule has 3 heteroatoms. The zero-order valence-electron chi connectivity index (χ0n) is 12.0. The fourth-order valence-electron chi connectivity index (χ4n) is 2.78. The average molecular weight is 264 g/mol. The van der Waals surface area contributed by atoms with Gasteiger partial charge >= 0.3 is 0 Å². The fourth-order valence-corrected chi connectivity index (χ4v) is 2.78. The summed E-state index contributed by atoms with van der Waals surface area (Å²) in [5.74, 6) is 0.737. The average Bonchev–Trinajstić information content (AvgIpc) is 2.41. The lowest BCUT2D eigenvalue weighted by atomic mass is 9.98. The zero-order valence-corrected chi connectivity index (χ0v) is 12.0. The summed E-state index contributed by atoms with van der Waals surface area (Å²) in [5.41, 5.74) is 0.794. The Kier molecular flexibility index (Phi) is 5.34. The first-order chi connectivity index (χ1) is 9.20. The second-order valence-electron chi connectivity index (χ2n) is 5.61. The number of benzene rings is 1. The van der Waals surface area contributed by atoms with E-state index in [1.165, 1.54) is 12.8 Å². The molecule has 0 aliphatic carbocycles. The number of piperidine rings is 1. The van der Waals surface area contributed by atoms with Crippen molar-refractivity contribution in [2.45, 2.75) is 32.7 Å². The normalized spacial score (nSPS) is 19.5. The van der Waals surface area contributed by atoms with Crippen molar-refractivity contribution in [1.82, 2.24) is 10.2 Å². The molecule has 1 aromatic carbocycles. The van der Waals surface area contributed by atoms with Crippen LogP contribution in [-0.4, -0.2) is 31.1 Å². The Balaban J connectivity index is 2.02. The third kappa shape index (κ3) is 4.02. The first-order valence-corrected chi connectivity index (χ1v) is 7.41. The Hall–Kier alpha value is -0.930. The van der Waals surface area contributed by atoms with Crippen LogP contribution in [0.4, 0.5) is 4.39 Å². The summed E-state index contributed by atoms with van der Waals surface area (Å²) in [6, 6.07) is 7.22. The molecule has 0 bridgehead atoms. The maximum absolute atomic E-state index is 13.9. The number of nitrogens with zero attached hydrogens (tertiary/aromatic N) is 1. The highest BCUT2D eigenvalue weighted by Crippen LogP contribution is 2.22. The molecule has 1 saturated heterocycles. The molecule has 2 nitrogen and oxygen atoms in total. The van der Waals surface area contributed by atoms with Gasteiger partial charge in [0.15, 0.2) is 0 Å². The molecule has 1 N–H and O–H groups in total. The SMILES string of the molecule is CCNC(CN1CCC(C)CC1)c1ccccc1F. The fraction of sp³-hybridized carbons (Fsp3) is 0.625. The molecule has 0 radical (unpaired) electrons. The van der Waals surface area contributed by atoms with E-state index in [1.54, 1.807) is 12.1 Å². The van der Waals surface area contributed by atoms with E-state index in [0.29, 0.717) is 0 Å². The van der Waals surface area contributed by atoms with Gasteiger partial charge in [-0.3, -0.25) is 0 Å². The minimum atomic E-state index is -0.0983. The standard InChI is InChI=1S/C16H25FN2/c1-3-18-16(14-6-4-5-7-15(14)17)12-19-10-8-13(2)9-11-19/h4-7,13,16,18H,3,8-12H2,1-2H3. The van der Waals surface area contributed by atoms with Gasteiger partial charge < -0.3 is 10.2 Å². The molecule has 19 heavy (non-hydrogen) atoms. The Labute approximate surface area is 116 Å². The number of hydrogen-bond donors (Lipinski definition) is 1. The summed E-state index contributed by atoms with van der Waals surface area (Å²) in [5, 5.41) is 3.42. The molecular weight excluding hydrogens is 239 g/mol. The smallest absolute Gasteiger partial charge is 0.128 e. The molecule has 1 aliphatic rings. The Morgan fingerprint density at radius 2 is 2.00 bits per heavy atom. The van der Waals surface area contributed by atoms with Gasteiger partial charge in [-0.05, 0) is 44.5 Å². The minimum absolute atomic E-state index is 0.0969. The summed E-state index contributed by atoms with van der Waals surface area (Å²) in [6.45, 7) is 8.43. The van der Waals surface area contributed by atoms with Crippen molar-refractivity contribution < 1.29 is 4.39 Å². The number of nitrogens with one attached hydrogen (secondary N) is 1. The molecule has 1 fully saturated rings. The maximum atomic E-state index is 13.9. The summed E-state index contributed by atoms with van der Waals surface area (Å²) in [6.07, 6.45) is 2.52. The first kappa shape index (κ1) is 14.5. The highest BCUT2D eigenvalue weighted by atomic mass is 19.1. The molecule has 0 saturated carbocycles. The first-order valence-electron chi connectivity index (χ1n) is 7.41. The Morgan fingerprint density at radius 1 is 1.32 bits per heavy atom. The predicted molar refractivity (Wildman–Crippen MR) is 77.7 cm³/mol. The van der Waals surface area contributed by atoms with Crippen LogP contribution in [0.1, 0.15) is 38.3 Å². The second-order valence-corrected chi connectivity index (χ2v) is 5.61. The Morgan fingerprint density at radius 3 is 2.63 bits per heavy atom. The van der Waals surface area contributed by atoms with Gasteiger partial charge in [-0.1, -0.05) is 32.0 Å². The van der Waals surface area contributed by atoms with Crippen LogP contribution in [0.25, 0.3) is 0 Å². The summed E-state index contributed by atoms with van der Waals surface area (Å²) in [7, 11) is 0. The van der Waals surface area contributed by atoms with Gasteiger partial charge in [0.25, 0.3) is 0 Å².